The highest BCUT2D eigenvalue weighted by Crippen LogP contribution is 2.26. The van der Waals surface area contributed by atoms with Crippen LogP contribution >= 0.6 is 0 Å². The minimum absolute atomic E-state index is 0.00213. The van der Waals surface area contributed by atoms with Crippen molar-refractivity contribution in [3.05, 3.63) is 28.3 Å². The predicted molar refractivity (Wildman–Crippen MR) is 81.0 cm³/mol. The molecule has 0 spiro atoms. The first-order valence-corrected chi connectivity index (χ1v) is 7.87. The van der Waals surface area contributed by atoms with E-state index in [2.05, 4.69) is 10.0 Å². The molecule has 0 saturated heterocycles. The van der Waals surface area contributed by atoms with Gasteiger partial charge in [0, 0.05) is 19.7 Å². The molecule has 8 nitrogen and oxygen atoms in total. The molecule has 0 heterocycles. The highest BCUT2D eigenvalue weighted by Gasteiger charge is 2.19. The number of nitrogens with zero attached hydrogens (tertiary/aromatic N) is 2. The van der Waals surface area contributed by atoms with Gasteiger partial charge in [0.1, 0.15) is 5.69 Å². The van der Waals surface area contributed by atoms with Crippen molar-refractivity contribution in [3.63, 3.8) is 0 Å². The van der Waals surface area contributed by atoms with Gasteiger partial charge < -0.3 is 10.2 Å². The van der Waals surface area contributed by atoms with Gasteiger partial charge in [-0.25, -0.2) is 13.1 Å². The van der Waals surface area contributed by atoms with Crippen molar-refractivity contribution < 1.29 is 13.3 Å². The molecule has 1 rings (SSSR count). The lowest BCUT2D eigenvalue weighted by molar-refractivity contribution is -0.384. The molecule has 21 heavy (non-hydrogen) atoms. The van der Waals surface area contributed by atoms with Crippen LogP contribution in [0.1, 0.15) is 6.42 Å². The predicted octanol–water partition coefficient (Wildman–Crippen LogP) is 0.866. The highest BCUT2D eigenvalue weighted by atomic mass is 32.2. The molecular weight excluding hydrogens is 296 g/mol. The average molecular weight is 316 g/mol. The third-order valence-electron chi connectivity index (χ3n) is 2.82. The number of anilines is 1. The molecule has 1 aromatic carbocycles. The highest BCUT2D eigenvalue weighted by molar-refractivity contribution is 7.89. The van der Waals surface area contributed by atoms with Crippen LogP contribution in [0.2, 0.25) is 0 Å². The average Bonchev–Trinajstić information content (AvgIpc) is 2.42. The maximum Gasteiger partial charge on any atom is 0.292 e. The molecule has 0 aliphatic carbocycles. The van der Waals surface area contributed by atoms with Crippen LogP contribution < -0.4 is 10.0 Å². The Hall–Kier alpha value is -1.71. The van der Waals surface area contributed by atoms with Crippen molar-refractivity contribution in [1.82, 2.24) is 9.62 Å². The Morgan fingerprint density at radius 2 is 2.00 bits per heavy atom. The SMILES string of the molecule is CNc1cc(S(=O)(=O)NCCCN(C)C)ccc1[N+](=O)[O-]. The lowest BCUT2D eigenvalue weighted by Gasteiger charge is -2.11. The van der Waals surface area contributed by atoms with Crippen LogP contribution in [0, 0.1) is 10.1 Å². The van der Waals surface area contributed by atoms with Crippen molar-refractivity contribution in [2.75, 3.05) is 39.5 Å². The number of nitro benzene ring substituents is 1. The van der Waals surface area contributed by atoms with Crippen molar-refractivity contribution in [1.29, 1.82) is 0 Å². The number of sulfonamides is 1. The molecule has 0 aliphatic rings. The quantitative estimate of drug-likeness (QED) is 0.419. The number of hydrogen-bond acceptors (Lipinski definition) is 6. The normalized spacial score (nSPS) is 11.6. The molecule has 0 aliphatic heterocycles. The van der Waals surface area contributed by atoms with Crippen LogP contribution in [0.5, 0.6) is 0 Å². The van der Waals surface area contributed by atoms with Gasteiger partial charge in [0.05, 0.1) is 9.82 Å². The molecule has 0 bridgehead atoms. The van der Waals surface area contributed by atoms with Crippen LogP contribution in [0.4, 0.5) is 11.4 Å². The Balaban J connectivity index is 2.86. The van der Waals surface area contributed by atoms with Gasteiger partial charge in [-0.15, -0.1) is 0 Å². The largest absolute Gasteiger partial charge is 0.383 e. The Morgan fingerprint density at radius 3 is 2.52 bits per heavy atom. The van der Waals surface area contributed by atoms with Gasteiger partial charge in [0.2, 0.25) is 10.0 Å². The second-order valence-electron chi connectivity index (χ2n) is 4.74. The summed E-state index contributed by atoms with van der Waals surface area (Å²) < 4.78 is 26.7. The molecule has 9 heteroatoms. The molecule has 0 unspecified atom stereocenters. The first-order valence-electron chi connectivity index (χ1n) is 6.38. The summed E-state index contributed by atoms with van der Waals surface area (Å²) in [6.45, 7) is 1.08. The number of rotatable bonds is 8. The summed E-state index contributed by atoms with van der Waals surface area (Å²) in [5.41, 5.74) is 0.000208. The van der Waals surface area contributed by atoms with Crippen molar-refractivity contribution in [2.24, 2.45) is 0 Å². The summed E-state index contributed by atoms with van der Waals surface area (Å²) in [4.78, 5) is 12.2. The van der Waals surface area contributed by atoms with E-state index in [1.807, 2.05) is 19.0 Å². The molecule has 0 saturated carbocycles. The third-order valence-corrected chi connectivity index (χ3v) is 4.28. The summed E-state index contributed by atoms with van der Waals surface area (Å²) in [5, 5.41) is 13.4. The minimum Gasteiger partial charge on any atom is -0.383 e. The van der Waals surface area contributed by atoms with Gasteiger partial charge in [-0.2, -0.15) is 0 Å². The Kier molecular flexibility index (Phi) is 6.06. The Labute approximate surface area is 124 Å². The summed E-state index contributed by atoms with van der Waals surface area (Å²) in [6.07, 6.45) is 0.679. The lowest BCUT2D eigenvalue weighted by Crippen LogP contribution is -2.27. The van der Waals surface area contributed by atoms with E-state index in [1.165, 1.54) is 25.2 Å². The fraction of sp³-hybridized carbons (Fsp3) is 0.500. The zero-order chi connectivity index (χ0) is 16.0. The van der Waals surface area contributed by atoms with Gasteiger partial charge in [-0.1, -0.05) is 0 Å². The fourth-order valence-electron chi connectivity index (χ4n) is 1.73. The number of nitrogens with one attached hydrogen (secondary N) is 2. The monoisotopic (exact) mass is 316 g/mol. The van der Waals surface area contributed by atoms with Crippen LogP contribution in [0.3, 0.4) is 0 Å². The van der Waals surface area contributed by atoms with Gasteiger partial charge in [-0.05, 0) is 39.2 Å². The number of hydrogen-bond donors (Lipinski definition) is 2. The maximum atomic E-state index is 12.1. The molecule has 2 N–H and O–H groups in total. The smallest absolute Gasteiger partial charge is 0.292 e. The van der Waals surface area contributed by atoms with Crippen LogP contribution in [0.25, 0.3) is 0 Å². The molecule has 0 amide bonds. The lowest BCUT2D eigenvalue weighted by atomic mass is 10.3. The van der Waals surface area contributed by atoms with Crippen LogP contribution in [-0.2, 0) is 10.0 Å². The van der Waals surface area contributed by atoms with Crippen molar-refractivity contribution >= 4 is 21.4 Å². The van der Waals surface area contributed by atoms with Crippen molar-refractivity contribution in [3.8, 4) is 0 Å². The van der Waals surface area contributed by atoms with Crippen LogP contribution in [0.15, 0.2) is 23.1 Å². The fourth-order valence-corrected chi connectivity index (χ4v) is 2.83. The second-order valence-corrected chi connectivity index (χ2v) is 6.51. The van der Waals surface area contributed by atoms with E-state index in [1.54, 1.807) is 0 Å². The molecule has 0 fully saturated rings. The third kappa shape index (κ3) is 4.96. The molecule has 0 aromatic heterocycles. The Bertz CT molecular complexity index is 601. The van der Waals surface area contributed by atoms with E-state index in [4.69, 9.17) is 0 Å². The zero-order valence-electron chi connectivity index (χ0n) is 12.3. The van der Waals surface area contributed by atoms with Crippen LogP contribution in [-0.4, -0.2) is 52.5 Å². The summed E-state index contributed by atoms with van der Waals surface area (Å²) in [5.74, 6) is 0. The van der Waals surface area contributed by atoms with E-state index < -0.39 is 14.9 Å². The van der Waals surface area contributed by atoms with E-state index in [0.29, 0.717) is 13.0 Å². The molecular formula is C12H20N4O4S. The summed E-state index contributed by atoms with van der Waals surface area (Å²) in [6, 6.07) is 3.67. The molecule has 1 aromatic rings. The van der Waals surface area contributed by atoms with E-state index in [0.717, 1.165) is 6.54 Å². The standard InChI is InChI=1S/C12H20N4O4S/c1-13-11-9-10(5-6-12(11)16(17)18)21(19,20)14-7-4-8-15(2)3/h5-6,9,13-14H,4,7-8H2,1-3H3. The molecule has 118 valence electrons. The van der Waals surface area contributed by atoms with Gasteiger partial charge >= 0.3 is 0 Å². The summed E-state index contributed by atoms with van der Waals surface area (Å²) in [7, 11) is 1.65. The minimum atomic E-state index is -3.66. The second kappa shape index (κ2) is 7.34. The number of nitro groups is 1. The van der Waals surface area contributed by atoms with Gasteiger partial charge in [-0.3, -0.25) is 10.1 Å². The zero-order valence-corrected chi connectivity index (χ0v) is 13.1. The molecule has 0 radical (unpaired) electrons. The van der Waals surface area contributed by atoms with Gasteiger partial charge in [0.25, 0.3) is 5.69 Å². The van der Waals surface area contributed by atoms with Gasteiger partial charge in [0.15, 0.2) is 0 Å². The summed E-state index contributed by atoms with van der Waals surface area (Å²) >= 11 is 0. The Morgan fingerprint density at radius 1 is 1.33 bits per heavy atom. The van der Waals surface area contributed by atoms with E-state index in [-0.39, 0.29) is 16.3 Å². The first kappa shape index (κ1) is 17.3. The molecule has 0 atom stereocenters. The maximum absolute atomic E-state index is 12.1. The topological polar surface area (TPSA) is 105 Å². The first-order chi connectivity index (χ1) is 9.77. The van der Waals surface area contributed by atoms with E-state index in [9.17, 15) is 18.5 Å². The number of benzene rings is 1. The van der Waals surface area contributed by atoms with E-state index >= 15 is 0 Å². The van der Waals surface area contributed by atoms with Crippen molar-refractivity contribution in [2.45, 2.75) is 11.3 Å².